The lowest BCUT2D eigenvalue weighted by Gasteiger charge is -2.15. The summed E-state index contributed by atoms with van der Waals surface area (Å²) in [5.41, 5.74) is 6.43. The molecule has 0 aliphatic carbocycles. The molecule has 0 spiro atoms. The molecule has 7 nitrogen and oxygen atoms in total. The summed E-state index contributed by atoms with van der Waals surface area (Å²) in [7, 11) is 0. The summed E-state index contributed by atoms with van der Waals surface area (Å²) in [4.78, 5) is 23.6. The molecule has 3 aromatic heterocycles. The third-order valence-corrected chi connectivity index (χ3v) is 6.05. The van der Waals surface area contributed by atoms with Crippen molar-refractivity contribution in [1.82, 2.24) is 29.8 Å². The average molecular weight is 421 g/mol. The van der Waals surface area contributed by atoms with Crippen LogP contribution in [0.15, 0.2) is 30.6 Å². The van der Waals surface area contributed by atoms with E-state index in [1.807, 2.05) is 43.7 Å². The Kier molecular flexibility index (Phi) is 6.32. The van der Waals surface area contributed by atoms with Crippen LogP contribution in [0.1, 0.15) is 60.8 Å². The van der Waals surface area contributed by atoms with E-state index in [-0.39, 0.29) is 11.9 Å². The molecule has 1 aliphatic heterocycles. The number of pyridine rings is 1. The van der Waals surface area contributed by atoms with Gasteiger partial charge in [0, 0.05) is 61.3 Å². The molecule has 0 aromatic carbocycles. The van der Waals surface area contributed by atoms with Crippen LogP contribution < -0.4 is 5.32 Å². The highest BCUT2D eigenvalue weighted by Crippen LogP contribution is 2.28. The average Bonchev–Trinajstić information content (AvgIpc) is 3.35. The molecular formula is C24H32N6O. The van der Waals surface area contributed by atoms with Gasteiger partial charge in [-0.2, -0.15) is 5.10 Å². The third-order valence-electron chi connectivity index (χ3n) is 6.05. The van der Waals surface area contributed by atoms with Gasteiger partial charge in [-0.1, -0.05) is 6.07 Å². The first-order valence-electron chi connectivity index (χ1n) is 11.2. The van der Waals surface area contributed by atoms with Crippen LogP contribution >= 0.6 is 0 Å². The van der Waals surface area contributed by atoms with E-state index in [4.69, 9.17) is 10.1 Å². The zero-order valence-corrected chi connectivity index (χ0v) is 18.9. The molecule has 7 heteroatoms. The minimum atomic E-state index is 0.0784. The van der Waals surface area contributed by atoms with E-state index in [9.17, 15) is 4.79 Å². The zero-order chi connectivity index (χ0) is 22.0. The van der Waals surface area contributed by atoms with Crippen molar-refractivity contribution in [1.29, 1.82) is 0 Å². The smallest absolute Gasteiger partial charge is 0.220 e. The highest BCUT2D eigenvalue weighted by molar-refractivity contribution is 5.76. The topological polar surface area (TPSA) is 75.4 Å². The van der Waals surface area contributed by atoms with Gasteiger partial charge in [0.15, 0.2) is 5.65 Å². The number of nitrogens with zero attached hydrogens (tertiary/aromatic N) is 5. The van der Waals surface area contributed by atoms with E-state index in [0.717, 1.165) is 54.3 Å². The van der Waals surface area contributed by atoms with E-state index in [0.29, 0.717) is 18.8 Å². The molecule has 164 valence electrons. The number of carbonyl (C=O) groups excluding carboxylic acids is 1. The molecule has 1 amide bonds. The van der Waals surface area contributed by atoms with Crippen LogP contribution in [-0.2, 0) is 17.8 Å². The lowest BCUT2D eigenvalue weighted by Crippen LogP contribution is -2.30. The summed E-state index contributed by atoms with van der Waals surface area (Å²) in [5, 5.41) is 7.89. The normalized spacial score (nSPS) is 17.0. The zero-order valence-electron chi connectivity index (χ0n) is 18.9. The van der Waals surface area contributed by atoms with Crippen LogP contribution in [-0.4, -0.2) is 49.5 Å². The van der Waals surface area contributed by atoms with Crippen molar-refractivity contribution < 1.29 is 4.79 Å². The number of hydrogen-bond acceptors (Lipinski definition) is 5. The molecule has 0 radical (unpaired) electrons. The molecule has 4 heterocycles. The Hall–Kier alpha value is -2.80. The van der Waals surface area contributed by atoms with E-state index in [1.54, 1.807) is 0 Å². The van der Waals surface area contributed by atoms with Crippen molar-refractivity contribution in [3.8, 4) is 0 Å². The van der Waals surface area contributed by atoms with Crippen LogP contribution in [0.25, 0.3) is 5.65 Å². The van der Waals surface area contributed by atoms with Gasteiger partial charge < -0.3 is 5.32 Å². The fourth-order valence-electron chi connectivity index (χ4n) is 4.51. The Morgan fingerprint density at radius 1 is 1.32 bits per heavy atom. The second kappa shape index (κ2) is 9.14. The quantitative estimate of drug-likeness (QED) is 0.635. The first-order valence-corrected chi connectivity index (χ1v) is 11.2. The van der Waals surface area contributed by atoms with E-state index in [1.165, 1.54) is 5.56 Å². The van der Waals surface area contributed by atoms with Gasteiger partial charge in [0.25, 0.3) is 0 Å². The van der Waals surface area contributed by atoms with Gasteiger partial charge in [-0.25, -0.2) is 9.50 Å². The van der Waals surface area contributed by atoms with Crippen molar-refractivity contribution in [2.75, 3.05) is 13.1 Å². The van der Waals surface area contributed by atoms with Crippen LogP contribution in [0.2, 0.25) is 0 Å². The minimum absolute atomic E-state index is 0.0784. The molecule has 1 saturated heterocycles. The van der Waals surface area contributed by atoms with Gasteiger partial charge in [-0.05, 0) is 64.3 Å². The predicted octanol–water partition coefficient (Wildman–Crippen LogP) is 3.19. The number of aromatic nitrogens is 4. The van der Waals surface area contributed by atoms with E-state index in [2.05, 4.69) is 34.3 Å². The van der Waals surface area contributed by atoms with Crippen molar-refractivity contribution in [2.45, 2.75) is 65.5 Å². The third kappa shape index (κ3) is 4.93. The molecule has 1 atom stereocenters. The van der Waals surface area contributed by atoms with Gasteiger partial charge in [0.1, 0.15) is 0 Å². The molecule has 1 aliphatic rings. The first-order chi connectivity index (χ1) is 14.9. The Bertz CT molecular complexity index is 1060. The first kappa shape index (κ1) is 21.4. The Morgan fingerprint density at radius 3 is 2.90 bits per heavy atom. The van der Waals surface area contributed by atoms with Crippen LogP contribution in [0.3, 0.4) is 0 Å². The van der Waals surface area contributed by atoms with E-state index >= 15 is 0 Å². The van der Waals surface area contributed by atoms with E-state index < -0.39 is 0 Å². The van der Waals surface area contributed by atoms with Gasteiger partial charge in [-0.15, -0.1) is 0 Å². The molecule has 0 bridgehead atoms. The fourth-order valence-corrected chi connectivity index (χ4v) is 4.51. The molecule has 1 fully saturated rings. The predicted molar refractivity (Wildman–Crippen MR) is 121 cm³/mol. The van der Waals surface area contributed by atoms with Gasteiger partial charge >= 0.3 is 0 Å². The maximum atomic E-state index is 12.1. The lowest BCUT2D eigenvalue weighted by molar-refractivity contribution is -0.121. The number of amides is 1. The van der Waals surface area contributed by atoms with Crippen molar-refractivity contribution in [3.05, 3.63) is 58.8 Å². The lowest BCUT2D eigenvalue weighted by atomic mass is 10.1. The molecule has 0 unspecified atom stereocenters. The van der Waals surface area contributed by atoms with Crippen molar-refractivity contribution >= 4 is 11.6 Å². The van der Waals surface area contributed by atoms with Gasteiger partial charge in [-0.3, -0.25) is 14.7 Å². The summed E-state index contributed by atoms with van der Waals surface area (Å²) >= 11 is 0. The standard InChI is InChI=1S/C24H32N6O/c1-16(2)26-24(31)8-7-21-17(3)27-23-12-22(28-30(23)18(21)4)20-9-11-29(15-20)14-19-6-5-10-25-13-19/h5-6,10,12-13,16,20H,7-9,11,14-15H2,1-4H3,(H,26,31)/t20-/m1/s1. The summed E-state index contributed by atoms with van der Waals surface area (Å²) in [5.74, 6) is 0.494. The largest absolute Gasteiger partial charge is 0.354 e. The summed E-state index contributed by atoms with van der Waals surface area (Å²) in [6, 6.07) is 6.41. The minimum Gasteiger partial charge on any atom is -0.354 e. The highest BCUT2D eigenvalue weighted by Gasteiger charge is 2.26. The Balaban J connectivity index is 1.48. The maximum Gasteiger partial charge on any atom is 0.220 e. The number of hydrogen-bond donors (Lipinski definition) is 1. The Labute approximate surface area is 183 Å². The number of rotatable bonds is 7. The van der Waals surface area contributed by atoms with Gasteiger partial charge in [0.2, 0.25) is 5.91 Å². The van der Waals surface area contributed by atoms with Gasteiger partial charge in [0.05, 0.1) is 5.69 Å². The molecule has 3 aromatic rings. The SMILES string of the molecule is Cc1nc2cc([C@@H]3CCN(Cc4cccnc4)C3)nn2c(C)c1CCC(=O)NC(C)C. The molecular weight excluding hydrogens is 388 g/mol. The van der Waals surface area contributed by atoms with Crippen LogP contribution in [0, 0.1) is 13.8 Å². The summed E-state index contributed by atoms with van der Waals surface area (Å²) < 4.78 is 1.96. The summed E-state index contributed by atoms with van der Waals surface area (Å²) in [6.07, 6.45) is 6.00. The number of likely N-dealkylation sites (tertiary alicyclic amines) is 1. The monoisotopic (exact) mass is 420 g/mol. The van der Waals surface area contributed by atoms with Crippen molar-refractivity contribution in [2.24, 2.45) is 0 Å². The maximum absolute atomic E-state index is 12.1. The molecule has 1 N–H and O–H groups in total. The highest BCUT2D eigenvalue weighted by atomic mass is 16.1. The number of fused-ring (bicyclic) bond motifs is 1. The Morgan fingerprint density at radius 2 is 2.16 bits per heavy atom. The molecule has 31 heavy (non-hydrogen) atoms. The second-order valence-electron chi connectivity index (χ2n) is 8.90. The van der Waals surface area contributed by atoms with Crippen LogP contribution in [0.4, 0.5) is 0 Å². The molecule has 4 rings (SSSR count). The summed E-state index contributed by atoms with van der Waals surface area (Å²) in [6.45, 7) is 11.1. The number of carbonyl (C=O) groups is 1. The fraction of sp³-hybridized carbons (Fsp3) is 0.500. The number of aryl methyl sites for hydroxylation is 2. The molecule has 0 saturated carbocycles. The van der Waals surface area contributed by atoms with Crippen molar-refractivity contribution in [3.63, 3.8) is 0 Å². The second-order valence-corrected chi connectivity index (χ2v) is 8.90. The number of nitrogens with one attached hydrogen (secondary N) is 1. The van der Waals surface area contributed by atoms with Crippen LogP contribution in [0.5, 0.6) is 0 Å².